The minimum atomic E-state index is -1.19. The maximum Gasteiger partial charge on any atom is 0.246 e. The summed E-state index contributed by atoms with van der Waals surface area (Å²) in [5, 5.41) is 15.0. The van der Waals surface area contributed by atoms with Gasteiger partial charge in [-0.25, -0.2) is 4.39 Å². The number of amides is 1. The fourth-order valence-electron chi connectivity index (χ4n) is 1.45. The lowest BCUT2D eigenvalue weighted by atomic mass is 9.95. The second-order valence-corrected chi connectivity index (χ2v) is 4.75. The molecule has 6 heteroatoms. The molecule has 0 fully saturated rings. The van der Waals surface area contributed by atoms with E-state index in [-0.39, 0.29) is 17.1 Å². The first-order valence-corrected chi connectivity index (χ1v) is 5.88. The van der Waals surface area contributed by atoms with Crippen molar-refractivity contribution in [3.05, 3.63) is 36.1 Å². The Kier molecular flexibility index (Phi) is 3.53. The lowest BCUT2D eigenvalue weighted by molar-refractivity contribution is -0.121. The summed E-state index contributed by atoms with van der Waals surface area (Å²) in [5.41, 5.74) is -0.644. The van der Waals surface area contributed by atoms with Crippen molar-refractivity contribution >= 4 is 11.8 Å². The van der Waals surface area contributed by atoms with Crippen LogP contribution >= 0.6 is 0 Å². The zero-order valence-electron chi connectivity index (χ0n) is 11.0. The predicted octanol–water partition coefficient (Wildman–Crippen LogP) is 2.97. The maximum atomic E-state index is 13.6. The van der Waals surface area contributed by atoms with Crippen molar-refractivity contribution in [2.75, 3.05) is 5.32 Å². The number of benzene rings is 1. The molecule has 1 amide bonds. The van der Waals surface area contributed by atoms with E-state index in [1.54, 1.807) is 18.2 Å². The van der Waals surface area contributed by atoms with Crippen LogP contribution in [-0.4, -0.2) is 11.1 Å². The molecule has 0 unspecified atom stereocenters. The van der Waals surface area contributed by atoms with Gasteiger partial charge in [0.2, 0.25) is 11.8 Å². The third-order valence-corrected chi connectivity index (χ3v) is 2.74. The highest BCUT2D eigenvalue weighted by Crippen LogP contribution is 2.25. The molecule has 0 aliphatic carbocycles. The van der Waals surface area contributed by atoms with Crippen molar-refractivity contribution in [3.63, 3.8) is 0 Å². The third kappa shape index (κ3) is 2.67. The van der Waals surface area contributed by atoms with Crippen LogP contribution in [0.5, 0.6) is 0 Å². The number of nitrogens with one attached hydrogen (secondary N) is 1. The fraction of sp³-hybridized carbons (Fsp3) is 0.214. The van der Waals surface area contributed by atoms with E-state index >= 15 is 0 Å². The Morgan fingerprint density at radius 1 is 1.45 bits per heavy atom. The molecule has 2 rings (SSSR count). The number of carbonyl (C=O) groups is 1. The zero-order chi connectivity index (χ0) is 14.8. The van der Waals surface area contributed by atoms with Crippen molar-refractivity contribution in [1.82, 2.24) is 5.16 Å². The molecule has 102 valence electrons. The normalized spacial score (nSPS) is 10.9. The average molecular weight is 273 g/mol. The molecule has 1 aromatic carbocycles. The van der Waals surface area contributed by atoms with Gasteiger partial charge in [-0.1, -0.05) is 17.3 Å². The Morgan fingerprint density at radius 2 is 2.15 bits per heavy atom. The number of nitrogens with zero attached hydrogens (tertiary/aromatic N) is 2. The van der Waals surface area contributed by atoms with E-state index in [0.29, 0.717) is 0 Å². The molecule has 1 aromatic heterocycles. The summed E-state index contributed by atoms with van der Waals surface area (Å²) in [7, 11) is 0. The van der Waals surface area contributed by atoms with Gasteiger partial charge >= 0.3 is 0 Å². The molecular formula is C14H12FN3O2. The molecular weight excluding hydrogens is 261 g/mol. The monoisotopic (exact) mass is 273 g/mol. The van der Waals surface area contributed by atoms with Gasteiger partial charge < -0.3 is 4.52 Å². The molecule has 20 heavy (non-hydrogen) atoms. The van der Waals surface area contributed by atoms with Crippen molar-refractivity contribution in [3.8, 4) is 17.3 Å². The van der Waals surface area contributed by atoms with Gasteiger partial charge in [0.05, 0.1) is 6.07 Å². The molecule has 0 bridgehead atoms. The first-order valence-electron chi connectivity index (χ1n) is 5.88. The van der Waals surface area contributed by atoms with E-state index in [9.17, 15) is 9.18 Å². The molecule has 0 radical (unpaired) electrons. The van der Waals surface area contributed by atoms with Crippen LogP contribution in [-0.2, 0) is 4.79 Å². The molecule has 5 nitrogen and oxygen atoms in total. The summed E-state index contributed by atoms with van der Waals surface area (Å²) in [6.45, 7) is 2.97. The van der Waals surface area contributed by atoms with Crippen LogP contribution in [0.25, 0.3) is 11.3 Å². The number of halogens is 1. The number of nitriles is 1. The SMILES string of the molecule is CC(C)(C#N)C(=O)Nc1cc(-c2ccccc2F)no1. The van der Waals surface area contributed by atoms with Crippen molar-refractivity contribution in [2.45, 2.75) is 13.8 Å². The van der Waals surface area contributed by atoms with E-state index in [0.717, 1.165) is 0 Å². The first-order chi connectivity index (χ1) is 9.44. The average Bonchev–Trinajstić information content (AvgIpc) is 2.87. The van der Waals surface area contributed by atoms with Crippen LogP contribution in [0.2, 0.25) is 0 Å². The zero-order valence-corrected chi connectivity index (χ0v) is 11.0. The van der Waals surface area contributed by atoms with Gasteiger partial charge in [0.15, 0.2) is 0 Å². The second kappa shape index (κ2) is 5.13. The molecule has 0 aliphatic rings. The summed E-state index contributed by atoms with van der Waals surface area (Å²) < 4.78 is 18.5. The van der Waals surface area contributed by atoms with Gasteiger partial charge in [0, 0.05) is 11.6 Å². The van der Waals surface area contributed by atoms with Crippen molar-refractivity contribution in [1.29, 1.82) is 5.26 Å². The summed E-state index contributed by atoms with van der Waals surface area (Å²) in [4.78, 5) is 11.8. The van der Waals surface area contributed by atoms with E-state index in [2.05, 4.69) is 10.5 Å². The van der Waals surface area contributed by atoms with Gasteiger partial charge in [0.25, 0.3) is 0 Å². The summed E-state index contributed by atoms with van der Waals surface area (Å²) >= 11 is 0. The number of carbonyl (C=O) groups excluding carboxylic acids is 1. The summed E-state index contributed by atoms with van der Waals surface area (Å²) in [6, 6.07) is 9.38. The number of aromatic nitrogens is 1. The lowest BCUT2D eigenvalue weighted by Crippen LogP contribution is -2.28. The Bertz CT molecular complexity index is 686. The molecule has 0 saturated carbocycles. The van der Waals surface area contributed by atoms with Gasteiger partial charge in [-0.05, 0) is 26.0 Å². The highest BCUT2D eigenvalue weighted by molar-refractivity contribution is 5.95. The van der Waals surface area contributed by atoms with Gasteiger partial charge in [-0.15, -0.1) is 0 Å². The highest BCUT2D eigenvalue weighted by atomic mass is 19.1. The predicted molar refractivity (Wildman–Crippen MR) is 69.9 cm³/mol. The molecule has 1 N–H and O–H groups in total. The first kappa shape index (κ1) is 13.7. The Balaban J connectivity index is 2.21. The molecule has 0 atom stereocenters. The standard InChI is InChI=1S/C14H12FN3O2/c1-14(2,8-16)13(19)17-12-7-11(18-20-12)9-5-3-4-6-10(9)15/h3-7H,1-2H3,(H,17,19). The Labute approximate surface area is 115 Å². The molecule has 0 aliphatic heterocycles. The number of hydrogen-bond donors (Lipinski definition) is 1. The van der Waals surface area contributed by atoms with E-state index < -0.39 is 17.1 Å². The van der Waals surface area contributed by atoms with Gasteiger partial charge in [0.1, 0.15) is 16.9 Å². The molecule has 0 spiro atoms. The smallest absolute Gasteiger partial charge is 0.246 e. The highest BCUT2D eigenvalue weighted by Gasteiger charge is 2.28. The number of rotatable bonds is 3. The van der Waals surface area contributed by atoms with Crippen molar-refractivity contribution < 1.29 is 13.7 Å². The van der Waals surface area contributed by atoms with E-state index in [1.807, 2.05) is 6.07 Å². The van der Waals surface area contributed by atoms with Crippen LogP contribution in [0.15, 0.2) is 34.9 Å². The van der Waals surface area contributed by atoms with Crippen LogP contribution in [0.4, 0.5) is 10.3 Å². The minimum Gasteiger partial charge on any atom is -0.338 e. The largest absolute Gasteiger partial charge is 0.338 e. The number of anilines is 1. The van der Waals surface area contributed by atoms with Crippen LogP contribution < -0.4 is 5.32 Å². The maximum absolute atomic E-state index is 13.6. The lowest BCUT2D eigenvalue weighted by Gasteiger charge is -2.12. The Hall–Kier alpha value is -2.68. The quantitative estimate of drug-likeness (QED) is 0.932. The summed E-state index contributed by atoms with van der Waals surface area (Å²) in [5.74, 6) is -0.885. The third-order valence-electron chi connectivity index (χ3n) is 2.74. The summed E-state index contributed by atoms with van der Waals surface area (Å²) in [6.07, 6.45) is 0. The number of hydrogen-bond acceptors (Lipinski definition) is 4. The molecule has 2 aromatic rings. The van der Waals surface area contributed by atoms with Gasteiger partial charge in [-0.3, -0.25) is 10.1 Å². The van der Waals surface area contributed by atoms with E-state index in [4.69, 9.17) is 9.78 Å². The molecule has 0 saturated heterocycles. The Morgan fingerprint density at radius 3 is 2.80 bits per heavy atom. The van der Waals surface area contributed by atoms with Crippen LogP contribution in [0.1, 0.15) is 13.8 Å². The van der Waals surface area contributed by atoms with Gasteiger partial charge in [-0.2, -0.15) is 5.26 Å². The molecule has 1 heterocycles. The topological polar surface area (TPSA) is 78.9 Å². The van der Waals surface area contributed by atoms with E-state index in [1.165, 1.54) is 26.0 Å². The van der Waals surface area contributed by atoms with Crippen molar-refractivity contribution in [2.24, 2.45) is 5.41 Å². The minimum absolute atomic E-state index is 0.0663. The van der Waals surface area contributed by atoms with Crippen LogP contribution in [0, 0.1) is 22.6 Å². The second-order valence-electron chi connectivity index (χ2n) is 4.75. The fourth-order valence-corrected chi connectivity index (χ4v) is 1.45. The van der Waals surface area contributed by atoms with Crippen LogP contribution in [0.3, 0.4) is 0 Å².